The largest absolute Gasteiger partial charge is 0.462 e. The second-order valence-electron chi connectivity index (χ2n) is 23.4. The lowest BCUT2D eigenvalue weighted by Crippen LogP contribution is -2.30. The van der Waals surface area contributed by atoms with Crippen molar-refractivity contribution in [1.29, 1.82) is 0 Å². The minimum absolute atomic E-state index is 0.0921. The minimum atomic E-state index is -0.801. The van der Waals surface area contributed by atoms with Crippen LogP contribution in [0.25, 0.3) is 0 Å². The summed E-state index contributed by atoms with van der Waals surface area (Å²) < 4.78 is 16.9. The number of hydrogen-bond donors (Lipinski definition) is 0. The summed E-state index contributed by atoms with van der Waals surface area (Å²) in [4.78, 5) is 38.4. The number of esters is 3. The molecule has 0 bridgehead atoms. The second-order valence-corrected chi connectivity index (χ2v) is 23.4. The minimum Gasteiger partial charge on any atom is -0.462 e. The van der Waals surface area contributed by atoms with Crippen LogP contribution in [-0.4, -0.2) is 37.2 Å². The Morgan fingerprint density at radius 2 is 0.481 bits per heavy atom. The number of unbranched alkanes of at least 4 members (excludes halogenated alkanes) is 39. The molecule has 0 aliphatic heterocycles. The Hall–Kier alpha value is -3.41. The number of carbonyl (C=O) groups is 3. The highest BCUT2D eigenvalue weighted by Gasteiger charge is 2.19. The topological polar surface area (TPSA) is 78.9 Å². The van der Waals surface area contributed by atoms with Gasteiger partial charge in [-0.2, -0.15) is 0 Å². The maximum Gasteiger partial charge on any atom is 0.306 e. The number of carbonyl (C=O) groups excluding carboxylic acids is 3. The van der Waals surface area contributed by atoms with Crippen molar-refractivity contribution in [2.45, 2.75) is 361 Å². The van der Waals surface area contributed by atoms with Crippen LogP contribution >= 0.6 is 0 Å². The van der Waals surface area contributed by atoms with E-state index in [1.807, 2.05) is 0 Å². The normalized spacial score (nSPS) is 12.6. The van der Waals surface area contributed by atoms with E-state index < -0.39 is 6.10 Å². The van der Waals surface area contributed by atoms with Crippen LogP contribution in [0.1, 0.15) is 355 Å². The van der Waals surface area contributed by atoms with Gasteiger partial charge in [-0.15, -0.1) is 0 Å². The number of allylic oxidation sites excluding steroid dienone is 14. The van der Waals surface area contributed by atoms with Crippen molar-refractivity contribution in [3.8, 4) is 0 Å². The molecule has 0 rings (SSSR count). The Morgan fingerprint density at radius 3 is 0.790 bits per heavy atom. The molecule has 0 fully saturated rings. The van der Waals surface area contributed by atoms with Crippen molar-refractivity contribution >= 4 is 17.9 Å². The molecular formula is C75H132O6. The Labute approximate surface area is 503 Å². The molecule has 6 nitrogen and oxygen atoms in total. The molecule has 1 unspecified atom stereocenters. The predicted molar refractivity (Wildman–Crippen MR) is 353 cm³/mol. The van der Waals surface area contributed by atoms with Crippen molar-refractivity contribution in [3.63, 3.8) is 0 Å². The van der Waals surface area contributed by atoms with Crippen molar-refractivity contribution in [2.24, 2.45) is 0 Å². The lowest BCUT2D eigenvalue weighted by atomic mass is 10.0. The molecule has 0 spiro atoms. The van der Waals surface area contributed by atoms with E-state index in [1.165, 1.54) is 193 Å². The first-order valence-electron chi connectivity index (χ1n) is 35.1. The number of rotatable bonds is 64. The third kappa shape index (κ3) is 67.3. The van der Waals surface area contributed by atoms with Gasteiger partial charge in [0.15, 0.2) is 6.10 Å². The Bertz CT molecular complexity index is 1530. The van der Waals surface area contributed by atoms with Crippen LogP contribution in [0.2, 0.25) is 0 Å². The molecule has 468 valence electrons. The zero-order chi connectivity index (χ0) is 58.5. The van der Waals surface area contributed by atoms with Crippen LogP contribution in [0.4, 0.5) is 0 Å². The van der Waals surface area contributed by atoms with Crippen molar-refractivity contribution < 1.29 is 28.6 Å². The van der Waals surface area contributed by atoms with Gasteiger partial charge >= 0.3 is 17.9 Å². The van der Waals surface area contributed by atoms with Crippen LogP contribution in [0.15, 0.2) is 85.1 Å². The van der Waals surface area contributed by atoms with Crippen molar-refractivity contribution in [1.82, 2.24) is 0 Å². The average Bonchev–Trinajstić information content (AvgIpc) is 3.47. The molecule has 0 aromatic heterocycles. The average molecular weight is 1130 g/mol. The van der Waals surface area contributed by atoms with Crippen LogP contribution in [-0.2, 0) is 28.6 Å². The highest BCUT2D eigenvalue weighted by Crippen LogP contribution is 2.18. The molecule has 0 saturated heterocycles. The Balaban J connectivity index is 4.28. The zero-order valence-corrected chi connectivity index (χ0v) is 53.8. The standard InChI is InChI=1S/C75H132O6/c1-4-7-10-13-16-19-22-25-28-30-32-33-34-35-36-37-38-39-40-41-43-44-47-50-53-56-59-62-65-68-74(77)80-71-72(70-79-73(76)67-64-61-58-55-52-49-46-27-24-21-18-15-12-9-6-3)81-75(78)69-66-63-60-57-54-51-48-45-42-31-29-26-23-20-17-14-11-8-5-2/h8,11,17-18,20-21,26-27,29,42,45-46,51,54,72H,4-7,9-10,12-16,19,22-25,28,30-41,43-44,47-50,52-53,55-71H2,1-3H3/b11-8-,20-17-,21-18-,29-26-,45-42-,46-27-,54-51-. The van der Waals surface area contributed by atoms with E-state index >= 15 is 0 Å². The molecule has 81 heavy (non-hydrogen) atoms. The Kier molecular flexibility index (Phi) is 66.2. The van der Waals surface area contributed by atoms with E-state index in [-0.39, 0.29) is 37.5 Å². The maximum atomic E-state index is 12.9. The molecule has 1 atom stereocenters. The molecule has 0 aromatic rings. The highest BCUT2D eigenvalue weighted by atomic mass is 16.6. The number of hydrogen-bond acceptors (Lipinski definition) is 6. The summed E-state index contributed by atoms with van der Waals surface area (Å²) in [7, 11) is 0. The van der Waals surface area contributed by atoms with Gasteiger partial charge in [-0.05, 0) is 96.3 Å². The van der Waals surface area contributed by atoms with E-state index in [0.29, 0.717) is 12.8 Å². The smallest absolute Gasteiger partial charge is 0.306 e. The Morgan fingerprint density at radius 1 is 0.259 bits per heavy atom. The first kappa shape index (κ1) is 77.6. The lowest BCUT2D eigenvalue weighted by molar-refractivity contribution is -0.167. The molecule has 0 amide bonds. The van der Waals surface area contributed by atoms with Crippen LogP contribution in [0.3, 0.4) is 0 Å². The first-order valence-corrected chi connectivity index (χ1v) is 35.1. The molecule has 6 heteroatoms. The monoisotopic (exact) mass is 1130 g/mol. The van der Waals surface area contributed by atoms with Crippen LogP contribution in [0, 0.1) is 0 Å². The SMILES string of the molecule is CC/C=C\C/C=C\C/C=C\C/C=C\C/C=C\CCCCCC(=O)OC(COC(=O)CCCCCCC/C=C\C/C=C\CCCCC)COC(=O)CCCCCCCCCCCCCCCCCCCCCCCCCCCCCCC. The molecule has 0 aromatic carbocycles. The summed E-state index contributed by atoms with van der Waals surface area (Å²) in [6.45, 7) is 6.51. The zero-order valence-electron chi connectivity index (χ0n) is 53.8. The third-order valence-electron chi connectivity index (χ3n) is 15.4. The molecule has 0 heterocycles. The molecule has 0 radical (unpaired) electrons. The molecule has 0 aliphatic carbocycles. The van der Waals surface area contributed by atoms with Gasteiger partial charge in [-0.25, -0.2) is 0 Å². The van der Waals surface area contributed by atoms with E-state index in [2.05, 4.69) is 106 Å². The fourth-order valence-corrected chi connectivity index (χ4v) is 10.2. The summed E-state index contributed by atoms with van der Waals surface area (Å²) in [6.07, 6.45) is 91.9. The summed E-state index contributed by atoms with van der Waals surface area (Å²) in [5.74, 6) is -0.923. The summed E-state index contributed by atoms with van der Waals surface area (Å²) in [5.41, 5.74) is 0. The van der Waals surface area contributed by atoms with Crippen LogP contribution in [0.5, 0.6) is 0 Å². The van der Waals surface area contributed by atoms with Gasteiger partial charge in [0, 0.05) is 19.3 Å². The quantitative estimate of drug-likeness (QED) is 0.0261. The van der Waals surface area contributed by atoms with Gasteiger partial charge in [0.1, 0.15) is 13.2 Å². The van der Waals surface area contributed by atoms with Gasteiger partial charge < -0.3 is 14.2 Å². The molecular weight excluding hydrogens is 997 g/mol. The molecule has 0 N–H and O–H groups in total. The van der Waals surface area contributed by atoms with Crippen molar-refractivity contribution in [2.75, 3.05) is 13.2 Å². The van der Waals surface area contributed by atoms with Crippen LogP contribution < -0.4 is 0 Å². The molecule has 0 saturated carbocycles. The number of ether oxygens (including phenoxy) is 3. The molecule has 0 aliphatic rings. The van der Waals surface area contributed by atoms with Crippen molar-refractivity contribution in [3.05, 3.63) is 85.1 Å². The predicted octanol–water partition coefficient (Wildman–Crippen LogP) is 24.2. The summed E-state index contributed by atoms with van der Waals surface area (Å²) in [5, 5.41) is 0. The van der Waals surface area contributed by atoms with E-state index in [9.17, 15) is 14.4 Å². The van der Waals surface area contributed by atoms with E-state index in [0.717, 1.165) is 122 Å². The highest BCUT2D eigenvalue weighted by molar-refractivity contribution is 5.71. The summed E-state index contributed by atoms with van der Waals surface area (Å²) in [6, 6.07) is 0. The maximum absolute atomic E-state index is 12.9. The van der Waals surface area contributed by atoms with Gasteiger partial charge in [0.25, 0.3) is 0 Å². The van der Waals surface area contributed by atoms with Gasteiger partial charge in [-0.3, -0.25) is 14.4 Å². The second kappa shape index (κ2) is 69.1. The van der Waals surface area contributed by atoms with Gasteiger partial charge in [0.2, 0.25) is 0 Å². The van der Waals surface area contributed by atoms with Gasteiger partial charge in [-0.1, -0.05) is 324 Å². The van der Waals surface area contributed by atoms with E-state index in [1.54, 1.807) is 0 Å². The summed E-state index contributed by atoms with van der Waals surface area (Å²) >= 11 is 0. The third-order valence-corrected chi connectivity index (χ3v) is 15.4. The first-order chi connectivity index (χ1) is 40.0. The fourth-order valence-electron chi connectivity index (χ4n) is 10.2. The fraction of sp³-hybridized carbons (Fsp3) is 0.773. The lowest BCUT2D eigenvalue weighted by Gasteiger charge is -2.18. The van der Waals surface area contributed by atoms with Gasteiger partial charge in [0.05, 0.1) is 0 Å². The van der Waals surface area contributed by atoms with E-state index in [4.69, 9.17) is 14.2 Å².